The average molecular weight is 368 g/mol. The van der Waals surface area contributed by atoms with Crippen molar-refractivity contribution in [3.63, 3.8) is 0 Å². The maximum atomic E-state index is 12.3. The Morgan fingerprint density at radius 3 is 2.50 bits per heavy atom. The standard InChI is InChI=1S/C17H18ClNO4S/c1-23-16-8-7-14(11-15(16)18)24(21,22)10-9-17(20)19-12-13-5-3-2-4-6-13/h2-8,11H,9-10,12H2,1H3,(H,19,20). The number of hydrogen-bond acceptors (Lipinski definition) is 4. The Morgan fingerprint density at radius 2 is 1.88 bits per heavy atom. The molecule has 5 nitrogen and oxygen atoms in total. The Hall–Kier alpha value is -2.05. The topological polar surface area (TPSA) is 72.5 Å². The molecule has 2 aromatic carbocycles. The monoisotopic (exact) mass is 367 g/mol. The highest BCUT2D eigenvalue weighted by atomic mass is 35.5. The van der Waals surface area contributed by atoms with Gasteiger partial charge >= 0.3 is 0 Å². The quantitative estimate of drug-likeness (QED) is 0.816. The van der Waals surface area contributed by atoms with Gasteiger partial charge in [0, 0.05) is 13.0 Å². The van der Waals surface area contributed by atoms with E-state index in [0.29, 0.717) is 12.3 Å². The Balaban J connectivity index is 1.92. The van der Waals surface area contributed by atoms with Gasteiger partial charge in [-0.3, -0.25) is 4.79 Å². The molecule has 7 heteroatoms. The van der Waals surface area contributed by atoms with E-state index >= 15 is 0 Å². The van der Waals surface area contributed by atoms with E-state index in [9.17, 15) is 13.2 Å². The largest absolute Gasteiger partial charge is 0.495 e. The highest BCUT2D eigenvalue weighted by Crippen LogP contribution is 2.27. The molecule has 0 bridgehead atoms. The van der Waals surface area contributed by atoms with Gasteiger partial charge in [-0.05, 0) is 23.8 Å². The molecule has 24 heavy (non-hydrogen) atoms. The van der Waals surface area contributed by atoms with Crippen LogP contribution in [0.15, 0.2) is 53.4 Å². The van der Waals surface area contributed by atoms with E-state index in [1.807, 2.05) is 30.3 Å². The minimum atomic E-state index is -3.59. The molecule has 2 rings (SSSR count). The molecule has 0 atom stereocenters. The van der Waals surface area contributed by atoms with Crippen molar-refractivity contribution in [1.82, 2.24) is 5.32 Å². The van der Waals surface area contributed by atoms with Gasteiger partial charge in [-0.25, -0.2) is 8.42 Å². The van der Waals surface area contributed by atoms with E-state index in [4.69, 9.17) is 16.3 Å². The number of carbonyl (C=O) groups is 1. The van der Waals surface area contributed by atoms with Gasteiger partial charge in [-0.1, -0.05) is 41.9 Å². The molecule has 0 aliphatic heterocycles. The summed E-state index contributed by atoms with van der Waals surface area (Å²) in [6.07, 6.45) is -0.112. The van der Waals surface area contributed by atoms with E-state index in [0.717, 1.165) is 5.56 Å². The molecule has 0 radical (unpaired) electrons. The van der Waals surface area contributed by atoms with Crippen LogP contribution in [-0.2, 0) is 21.2 Å². The minimum absolute atomic E-state index is 0.0733. The van der Waals surface area contributed by atoms with Crippen LogP contribution in [0.4, 0.5) is 0 Å². The van der Waals surface area contributed by atoms with Gasteiger partial charge in [0.2, 0.25) is 5.91 Å². The molecule has 2 aromatic rings. The third-order valence-electron chi connectivity index (χ3n) is 3.41. The molecule has 0 heterocycles. The number of rotatable bonds is 7. The lowest BCUT2D eigenvalue weighted by atomic mass is 10.2. The fraction of sp³-hybridized carbons (Fsp3) is 0.235. The van der Waals surface area contributed by atoms with Crippen molar-refractivity contribution in [3.05, 3.63) is 59.1 Å². The summed E-state index contributed by atoms with van der Waals surface area (Å²) in [7, 11) is -2.14. The Morgan fingerprint density at radius 1 is 1.17 bits per heavy atom. The second-order valence-corrected chi connectivity index (χ2v) is 7.64. The lowest BCUT2D eigenvalue weighted by Crippen LogP contribution is -2.25. The first-order valence-electron chi connectivity index (χ1n) is 7.29. The van der Waals surface area contributed by atoms with Gasteiger partial charge in [0.1, 0.15) is 5.75 Å². The number of nitrogens with one attached hydrogen (secondary N) is 1. The van der Waals surface area contributed by atoms with Crippen molar-refractivity contribution in [2.24, 2.45) is 0 Å². The molecule has 0 aliphatic carbocycles. The van der Waals surface area contributed by atoms with Crippen LogP contribution in [0.25, 0.3) is 0 Å². The molecule has 0 aromatic heterocycles. The summed E-state index contributed by atoms with van der Waals surface area (Å²) in [5, 5.41) is 2.92. The molecule has 0 saturated heterocycles. The zero-order chi connectivity index (χ0) is 17.6. The molecule has 0 saturated carbocycles. The summed E-state index contributed by atoms with van der Waals surface area (Å²) in [5.41, 5.74) is 0.954. The minimum Gasteiger partial charge on any atom is -0.495 e. The molecular weight excluding hydrogens is 350 g/mol. The van der Waals surface area contributed by atoms with Crippen LogP contribution in [0.3, 0.4) is 0 Å². The predicted molar refractivity (Wildman–Crippen MR) is 93.0 cm³/mol. The Kier molecular flexibility index (Phi) is 6.23. The number of halogens is 1. The normalized spacial score (nSPS) is 11.1. The molecule has 0 aliphatic rings. The van der Waals surface area contributed by atoms with Crippen molar-refractivity contribution in [2.75, 3.05) is 12.9 Å². The first-order valence-corrected chi connectivity index (χ1v) is 9.32. The zero-order valence-electron chi connectivity index (χ0n) is 13.2. The van der Waals surface area contributed by atoms with Gasteiger partial charge < -0.3 is 10.1 Å². The smallest absolute Gasteiger partial charge is 0.221 e. The first-order chi connectivity index (χ1) is 11.4. The Labute approximate surface area is 146 Å². The second-order valence-electron chi connectivity index (χ2n) is 5.13. The summed E-state index contributed by atoms with van der Waals surface area (Å²) in [6.45, 7) is 0.369. The van der Waals surface area contributed by atoms with Crippen LogP contribution in [0.2, 0.25) is 5.02 Å². The fourth-order valence-electron chi connectivity index (χ4n) is 2.07. The van der Waals surface area contributed by atoms with Crippen molar-refractivity contribution in [3.8, 4) is 5.75 Å². The number of methoxy groups -OCH3 is 1. The second kappa shape index (κ2) is 8.17. The maximum Gasteiger partial charge on any atom is 0.221 e. The lowest BCUT2D eigenvalue weighted by molar-refractivity contribution is -0.120. The van der Waals surface area contributed by atoms with E-state index in [2.05, 4.69) is 5.32 Å². The van der Waals surface area contributed by atoms with Crippen molar-refractivity contribution in [1.29, 1.82) is 0 Å². The van der Waals surface area contributed by atoms with Gasteiger partial charge in [-0.15, -0.1) is 0 Å². The molecule has 1 N–H and O–H groups in total. The Bertz CT molecular complexity index is 807. The van der Waals surface area contributed by atoms with Gasteiger partial charge in [0.05, 0.1) is 22.8 Å². The predicted octanol–water partition coefficient (Wildman–Crippen LogP) is 2.83. The van der Waals surface area contributed by atoms with Crippen molar-refractivity contribution >= 4 is 27.3 Å². The molecule has 0 spiro atoms. The van der Waals surface area contributed by atoms with Crippen LogP contribution in [-0.4, -0.2) is 27.2 Å². The van der Waals surface area contributed by atoms with Crippen LogP contribution in [0, 0.1) is 0 Å². The number of amides is 1. The third kappa shape index (κ3) is 4.97. The average Bonchev–Trinajstić information content (AvgIpc) is 2.59. The molecule has 1 amide bonds. The molecule has 128 valence electrons. The number of carbonyl (C=O) groups excluding carboxylic acids is 1. The number of benzene rings is 2. The van der Waals surface area contributed by atoms with Gasteiger partial charge in [0.15, 0.2) is 9.84 Å². The van der Waals surface area contributed by atoms with E-state index < -0.39 is 9.84 Å². The van der Waals surface area contributed by atoms with Crippen LogP contribution >= 0.6 is 11.6 Å². The zero-order valence-corrected chi connectivity index (χ0v) is 14.7. The van der Waals surface area contributed by atoms with Crippen LogP contribution < -0.4 is 10.1 Å². The molecule has 0 fully saturated rings. The number of sulfone groups is 1. The maximum absolute atomic E-state index is 12.3. The third-order valence-corrected chi connectivity index (χ3v) is 5.42. The SMILES string of the molecule is COc1ccc(S(=O)(=O)CCC(=O)NCc2ccccc2)cc1Cl. The van der Waals surface area contributed by atoms with E-state index in [1.54, 1.807) is 0 Å². The van der Waals surface area contributed by atoms with E-state index in [1.165, 1.54) is 25.3 Å². The summed E-state index contributed by atoms with van der Waals surface area (Å²) in [6, 6.07) is 13.6. The first kappa shape index (κ1) is 18.3. The van der Waals surface area contributed by atoms with Crippen LogP contribution in [0.1, 0.15) is 12.0 Å². The number of ether oxygens (including phenoxy) is 1. The fourth-order valence-corrected chi connectivity index (χ4v) is 3.66. The summed E-state index contributed by atoms with van der Waals surface area (Å²) in [5.74, 6) is -0.200. The summed E-state index contributed by atoms with van der Waals surface area (Å²) < 4.78 is 29.6. The number of hydrogen-bond donors (Lipinski definition) is 1. The van der Waals surface area contributed by atoms with E-state index in [-0.39, 0.29) is 28.0 Å². The molecule has 0 unspecified atom stereocenters. The van der Waals surface area contributed by atoms with Gasteiger partial charge in [-0.2, -0.15) is 0 Å². The van der Waals surface area contributed by atoms with Gasteiger partial charge in [0.25, 0.3) is 0 Å². The lowest BCUT2D eigenvalue weighted by Gasteiger charge is -2.08. The molecular formula is C17H18ClNO4S. The van der Waals surface area contributed by atoms with Crippen LogP contribution in [0.5, 0.6) is 5.75 Å². The highest BCUT2D eigenvalue weighted by Gasteiger charge is 2.18. The summed E-state index contributed by atoms with van der Waals surface area (Å²) in [4.78, 5) is 11.9. The summed E-state index contributed by atoms with van der Waals surface area (Å²) >= 11 is 5.95. The highest BCUT2D eigenvalue weighted by molar-refractivity contribution is 7.91. The van der Waals surface area contributed by atoms with Crippen molar-refractivity contribution in [2.45, 2.75) is 17.9 Å². The van der Waals surface area contributed by atoms with Crippen molar-refractivity contribution < 1.29 is 17.9 Å².